The summed E-state index contributed by atoms with van der Waals surface area (Å²) in [6, 6.07) is 0.505. The summed E-state index contributed by atoms with van der Waals surface area (Å²) in [4.78, 5) is 14.1. The van der Waals surface area contributed by atoms with Crippen LogP contribution in [0.5, 0.6) is 0 Å². The highest BCUT2D eigenvalue weighted by Gasteiger charge is 2.20. The number of hydrogen-bond acceptors (Lipinski definition) is 5. The molecule has 2 heterocycles. The summed E-state index contributed by atoms with van der Waals surface area (Å²) in [5.41, 5.74) is 1.17. The van der Waals surface area contributed by atoms with Crippen LogP contribution in [0.4, 0.5) is 0 Å². The van der Waals surface area contributed by atoms with Gasteiger partial charge in [-0.15, -0.1) is 11.3 Å². The van der Waals surface area contributed by atoms with E-state index in [1.807, 2.05) is 7.05 Å². The minimum atomic E-state index is 0.483. The van der Waals surface area contributed by atoms with Crippen molar-refractivity contribution in [3.63, 3.8) is 0 Å². The summed E-state index contributed by atoms with van der Waals surface area (Å²) in [6.45, 7) is 16.3. The molecule has 1 aromatic rings. The van der Waals surface area contributed by atoms with Crippen molar-refractivity contribution in [2.45, 2.75) is 46.2 Å². The molecule has 0 aliphatic carbocycles. The summed E-state index contributed by atoms with van der Waals surface area (Å²) in [7, 11) is 1.82. The van der Waals surface area contributed by atoms with Gasteiger partial charge in [-0.1, -0.05) is 20.8 Å². The third-order valence-corrected chi connectivity index (χ3v) is 5.70. The molecule has 1 atom stereocenters. The summed E-state index contributed by atoms with van der Waals surface area (Å²) in [5.74, 6) is 1.33. The fourth-order valence-corrected chi connectivity index (χ4v) is 3.84. The summed E-state index contributed by atoms with van der Waals surface area (Å²) >= 11 is 1.71. The number of hydrogen-bond donors (Lipinski definition) is 2. The monoisotopic (exact) mass is 366 g/mol. The number of aromatic nitrogens is 1. The van der Waals surface area contributed by atoms with Crippen LogP contribution in [-0.4, -0.2) is 73.1 Å². The predicted octanol–water partition coefficient (Wildman–Crippen LogP) is 1.96. The smallest absolute Gasteiger partial charge is 0.191 e. The highest BCUT2D eigenvalue weighted by Crippen LogP contribution is 2.17. The Bertz CT molecular complexity index is 533. The van der Waals surface area contributed by atoms with Gasteiger partial charge in [0, 0.05) is 51.2 Å². The van der Waals surface area contributed by atoms with Crippen molar-refractivity contribution in [1.82, 2.24) is 25.4 Å². The van der Waals surface area contributed by atoms with Crippen molar-refractivity contribution >= 4 is 17.3 Å². The molecule has 6 nitrogen and oxygen atoms in total. The first kappa shape index (κ1) is 20.1. The number of nitrogens with one attached hydrogen (secondary N) is 2. The minimum absolute atomic E-state index is 0.483. The van der Waals surface area contributed by atoms with Gasteiger partial charge in [0.15, 0.2) is 5.96 Å². The lowest BCUT2D eigenvalue weighted by Crippen LogP contribution is -2.53. The van der Waals surface area contributed by atoms with Crippen molar-refractivity contribution in [2.75, 3.05) is 46.3 Å². The fourth-order valence-electron chi connectivity index (χ4n) is 2.95. The lowest BCUT2D eigenvalue weighted by atomic mass is 10.2. The number of rotatable bonds is 7. The largest absolute Gasteiger partial charge is 0.355 e. The zero-order valence-electron chi connectivity index (χ0n) is 16.4. The van der Waals surface area contributed by atoms with E-state index in [9.17, 15) is 0 Å². The van der Waals surface area contributed by atoms with E-state index >= 15 is 0 Å². The molecule has 1 fully saturated rings. The first-order valence-corrected chi connectivity index (χ1v) is 10.3. The maximum Gasteiger partial charge on any atom is 0.191 e. The van der Waals surface area contributed by atoms with Crippen molar-refractivity contribution in [3.8, 4) is 0 Å². The fraction of sp³-hybridized carbons (Fsp3) is 0.778. The third-order valence-electron chi connectivity index (χ3n) is 4.83. The molecule has 142 valence electrons. The first-order chi connectivity index (χ1) is 12.0. The Morgan fingerprint density at radius 2 is 1.96 bits per heavy atom. The van der Waals surface area contributed by atoms with E-state index in [-0.39, 0.29) is 0 Å². The van der Waals surface area contributed by atoms with E-state index in [1.54, 1.807) is 11.3 Å². The maximum atomic E-state index is 4.66. The molecule has 1 aliphatic rings. The van der Waals surface area contributed by atoms with E-state index in [0.29, 0.717) is 12.0 Å². The van der Waals surface area contributed by atoms with Crippen LogP contribution >= 0.6 is 11.3 Å². The van der Waals surface area contributed by atoms with Crippen LogP contribution in [-0.2, 0) is 6.54 Å². The van der Waals surface area contributed by atoms with Gasteiger partial charge >= 0.3 is 0 Å². The SMILES string of the molecule is CCN1CCN(C(C)CNC(=NC)NCc2nc(C(C)C)cs2)CC1. The van der Waals surface area contributed by atoms with Crippen LogP contribution in [0.1, 0.15) is 44.3 Å². The Hall–Kier alpha value is -1.18. The molecule has 0 radical (unpaired) electrons. The molecular formula is C18H34N6S. The normalized spacial score (nSPS) is 18.6. The highest BCUT2D eigenvalue weighted by atomic mass is 32.1. The van der Waals surface area contributed by atoms with Crippen molar-refractivity contribution in [2.24, 2.45) is 4.99 Å². The Kier molecular flexibility index (Phi) is 8.12. The van der Waals surface area contributed by atoms with Gasteiger partial charge in [-0.25, -0.2) is 4.98 Å². The molecule has 0 bridgehead atoms. The number of thiazole rings is 1. The van der Waals surface area contributed by atoms with E-state index in [1.165, 1.54) is 18.8 Å². The quantitative estimate of drug-likeness (QED) is 0.571. The van der Waals surface area contributed by atoms with Gasteiger partial charge in [-0.05, 0) is 19.4 Å². The average molecular weight is 367 g/mol. The van der Waals surface area contributed by atoms with Crippen LogP contribution in [0.3, 0.4) is 0 Å². The van der Waals surface area contributed by atoms with Gasteiger partial charge in [0.2, 0.25) is 0 Å². The van der Waals surface area contributed by atoms with Crippen LogP contribution < -0.4 is 10.6 Å². The number of likely N-dealkylation sites (N-methyl/N-ethyl adjacent to an activating group) is 1. The second-order valence-corrected chi connectivity index (χ2v) is 7.89. The molecule has 0 spiro atoms. The molecule has 0 saturated carbocycles. The average Bonchev–Trinajstić information content (AvgIpc) is 3.11. The third kappa shape index (κ3) is 6.24. The van der Waals surface area contributed by atoms with Crippen molar-refractivity contribution < 1.29 is 0 Å². The predicted molar refractivity (Wildman–Crippen MR) is 108 cm³/mol. The molecule has 1 aromatic heterocycles. The Labute approximate surface area is 156 Å². The Balaban J connectivity index is 1.72. The number of piperazine rings is 1. The summed E-state index contributed by atoms with van der Waals surface area (Å²) in [5, 5.41) is 10.1. The van der Waals surface area contributed by atoms with Gasteiger partial charge in [0.05, 0.1) is 12.2 Å². The maximum absolute atomic E-state index is 4.66. The zero-order chi connectivity index (χ0) is 18.2. The van der Waals surface area contributed by atoms with Gasteiger partial charge in [-0.3, -0.25) is 9.89 Å². The van der Waals surface area contributed by atoms with E-state index in [4.69, 9.17) is 0 Å². The standard InChI is InChI=1S/C18H34N6S/c1-6-23-7-9-24(10-8-23)15(4)11-20-18(19-5)21-12-17-22-16(13-25-17)14(2)3/h13-15H,6-12H2,1-5H3,(H2,19,20,21). The second-order valence-electron chi connectivity index (χ2n) is 6.95. The molecule has 1 saturated heterocycles. The number of aliphatic imine (C=N–C) groups is 1. The first-order valence-electron chi connectivity index (χ1n) is 9.38. The molecule has 0 aromatic carbocycles. The van der Waals surface area contributed by atoms with Crippen molar-refractivity contribution in [1.29, 1.82) is 0 Å². The van der Waals surface area contributed by atoms with Gasteiger partial charge in [0.1, 0.15) is 5.01 Å². The van der Waals surface area contributed by atoms with Crippen LogP contribution in [0.15, 0.2) is 10.4 Å². The molecule has 2 rings (SSSR count). The molecule has 2 N–H and O–H groups in total. The Morgan fingerprint density at radius 3 is 2.52 bits per heavy atom. The lowest BCUT2D eigenvalue weighted by molar-refractivity contribution is 0.107. The van der Waals surface area contributed by atoms with Crippen LogP contribution in [0, 0.1) is 0 Å². The van der Waals surface area contributed by atoms with Crippen LogP contribution in [0.2, 0.25) is 0 Å². The van der Waals surface area contributed by atoms with E-state index in [2.05, 4.69) is 63.5 Å². The van der Waals surface area contributed by atoms with E-state index < -0.39 is 0 Å². The summed E-state index contributed by atoms with van der Waals surface area (Å²) in [6.07, 6.45) is 0. The molecular weight excluding hydrogens is 332 g/mol. The summed E-state index contributed by atoms with van der Waals surface area (Å²) < 4.78 is 0. The molecule has 0 amide bonds. The zero-order valence-corrected chi connectivity index (χ0v) is 17.2. The van der Waals surface area contributed by atoms with E-state index in [0.717, 1.165) is 43.7 Å². The molecule has 25 heavy (non-hydrogen) atoms. The van der Waals surface area contributed by atoms with Gasteiger partial charge in [0.25, 0.3) is 0 Å². The topological polar surface area (TPSA) is 55.8 Å². The molecule has 1 aliphatic heterocycles. The number of nitrogens with zero attached hydrogens (tertiary/aromatic N) is 4. The minimum Gasteiger partial charge on any atom is -0.355 e. The van der Waals surface area contributed by atoms with Gasteiger partial charge in [-0.2, -0.15) is 0 Å². The highest BCUT2D eigenvalue weighted by molar-refractivity contribution is 7.09. The molecule has 7 heteroatoms. The molecule has 1 unspecified atom stereocenters. The van der Waals surface area contributed by atoms with Crippen LogP contribution in [0.25, 0.3) is 0 Å². The second kappa shape index (κ2) is 10.1. The Morgan fingerprint density at radius 1 is 1.24 bits per heavy atom. The lowest BCUT2D eigenvalue weighted by Gasteiger charge is -2.37. The number of guanidine groups is 1. The van der Waals surface area contributed by atoms with Gasteiger partial charge < -0.3 is 15.5 Å². The van der Waals surface area contributed by atoms with Crippen molar-refractivity contribution in [3.05, 3.63) is 16.1 Å².